The van der Waals surface area contributed by atoms with Crippen molar-refractivity contribution < 1.29 is 13.2 Å². The van der Waals surface area contributed by atoms with Gasteiger partial charge in [-0.2, -0.15) is 0 Å². The van der Waals surface area contributed by atoms with E-state index in [0.717, 1.165) is 9.87 Å². The zero-order valence-corrected chi connectivity index (χ0v) is 14.5. The summed E-state index contributed by atoms with van der Waals surface area (Å²) in [6.45, 7) is 5.86. The van der Waals surface area contributed by atoms with Gasteiger partial charge in [0.15, 0.2) is 0 Å². The van der Waals surface area contributed by atoms with Crippen LogP contribution in [0.1, 0.15) is 11.1 Å². The van der Waals surface area contributed by atoms with E-state index in [9.17, 15) is 8.42 Å². The molecule has 0 aliphatic rings. The average Bonchev–Trinajstić information content (AvgIpc) is 2.58. The minimum atomic E-state index is -3.65. The quantitative estimate of drug-likeness (QED) is 0.477. The van der Waals surface area contributed by atoms with Gasteiger partial charge in [-0.25, -0.2) is 12.7 Å². The van der Waals surface area contributed by atoms with E-state index < -0.39 is 10.0 Å². The second-order valence-corrected chi connectivity index (χ2v) is 7.09. The molecule has 0 saturated carbocycles. The van der Waals surface area contributed by atoms with Crippen LogP contribution >= 0.6 is 0 Å². The smallest absolute Gasteiger partial charge is 0.270 e. The van der Waals surface area contributed by atoms with Crippen LogP contribution in [-0.4, -0.2) is 26.4 Å². The molecule has 0 heterocycles. The zero-order valence-electron chi connectivity index (χ0n) is 13.7. The largest absolute Gasteiger partial charge is 0.488 e. The van der Waals surface area contributed by atoms with Crippen molar-refractivity contribution in [2.75, 3.05) is 13.7 Å². The van der Waals surface area contributed by atoms with Crippen LogP contribution in [0, 0.1) is 18.9 Å². The Hall–Kier alpha value is -2.71. The molecular weight excluding hydrogens is 322 g/mol. The molecule has 2 rings (SSSR count). The van der Waals surface area contributed by atoms with Gasteiger partial charge < -0.3 is 4.74 Å². The Kier molecular flexibility index (Phi) is 5.67. The molecule has 0 atom stereocenters. The molecule has 0 amide bonds. The minimum Gasteiger partial charge on any atom is -0.488 e. The molecule has 0 aliphatic carbocycles. The lowest BCUT2D eigenvalue weighted by atomic mass is 10.2. The molecule has 2 aromatic carbocycles. The van der Waals surface area contributed by atoms with Crippen LogP contribution in [0.4, 0.5) is 0 Å². The highest BCUT2D eigenvalue weighted by Crippen LogP contribution is 2.18. The molecule has 0 fully saturated rings. The number of sulfonamides is 1. The Morgan fingerprint density at radius 1 is 1.17 bits per heavy atom. The minimum absolute atomic E-state index is 0.209. The van der Waals surface area contributed by atoms with Gasteiger partial charge in [0.2, 0.25) is 0 Å². The highest BCUT2D eigenvalue weighted by Gasteiger charge is 2.18. The average molecular weight is 341 g/mol. The van der Waals surface area contributed by atoms with E-state index in [1.807, 2.05) is 19.1 Å². The van der Waals surface area contributed by atoms with Gasteiger partial charge in [-0.3, -0.25) is 0 Å². The van der Waals surface area contributed by atoms with Crippen LogP contribution in [0.3, 0.4) is 0 Å². The molecule has 24 heavy (non-hydrogen) atoms. The Balaban J connectivity index is 2.27. The van der Waals surface area contributed by atoms with Gasteiger partial charge in [-0.1, -0.05) is 42.5 Å². The van der Waals surface area contributed by atoms with Gasteiger partial charge in [0.05, 0.1) is 10.5 Å². The first-order valence-electron chi connectivity index (χ1n) is 7.35. The third-order valence-corrected chi connectivity index (χ3v) is 4.95. The monoisotopic (exact) mass is 341 g/mol. The molecule has 0 aliphatic heterocycles. The highest BCUT2D eigenvalue weighted by atomic mass is 32.2. The summed E-state index contributed by atoms with van der Waals surface area (Å²) in [5.41, 5.74) is 1.61. The molecule has 0 saturated heterocycles. The lowest BCUT2D eigenvalue weighted by molar-refractivity contribution is 0.362. The van der Waals surface area contributed by atoms with Crippen LogP contribution in [0.15, 0.2) is 66.1 Å². The fourth-order valence-electron chi connectivity index (χ4n) is 1.91. The van der Waals surface area contributed by atoms with Gasteiger partial charge in [-0.15, -0.1) is 0 Å². The van der Waals surface area contributed by atoms with Gasteiger partial charge >= 0.3 is 0 Å². The Morgan fingerprint density at radius 3 is 2.50 bits per heavy atom. The number of hydrogen-bond acceptors (Lipinski definition) is 3. The van der Waals surface area contributed by atoms with Gasteiger partial charge in [-0.05, 0) is 37.1 Å². The maximum Gasteiger partial charge on any atom is 0.270 e. The van der Waals surface area contributed by atoms with Crippen LogP contribution < -0.4 is 4.74 Å². The van der Waals surface area contributed by atoms with E-state index in [1.165, 1.54) is 7.05 Å². The number of aryl methyl sites for hydroxylation is 1. The molecule has 0 unspecified atom stereocenters. The molecular formula is C19H19NO3S. The molecule has 124 valence electrons. The molecule has 0 spiro atoms. The lowest BCUT2D eigenvalue weighted by Crippen LogP contribution is -2.22. The Labute approximate surface area is 143 Å². The first-order chi connectivity index (χ1) is 11.4. The maximum atomic E-state index is 12.5. The van der Waals surface area contributed by atoms with Gasteiger partial charge in [0, 0.05) is 13.1 Å². The predicted octanol–water partition coefficient (Wildman–Crippen LogP) is 3.19. The van der Waals surface area contributed by atoms with Crippen LogP contribution in [0.5, 0.6) is 5.75 Å². The lowest BCUT2D eigenvalue weighted by Gasteiger charge is -2.12. The van der Waals surface area contributed by atoms with E-state index in [0.29, 0.717) is 17.9 Å². The fraction of sp³-hybridized carbons (Fsp3) is 0.158. The number of hydrogen-bond donors (Lipinski definition) is 0. The van der Waals surface area contributed by atoms with Crippen molar-refractivity contribution in [3.05, 3.63) is 72.3 Å². The maximum absolute atomic E-state index is 12.5. The molecule has 4 nitrogen and oxygen atoms in total. The summed E-state index contributed by atoms with van der Waals surface area (Å²) in [7, 11) is -2.23. The molecule has 0 aromatic heterocycles. The highest BCUT2D eigenvalue weighted by molar-refractivity contribution is 7.89. The van der Waals surface area contributed by atoms with Crippen LogP contribution in [0.2, 0.25) is 0 Å². The van der Waals surface area contributed by atoms with E-state index in [-0.39, 0.29) is 4.90 Å². The number of nitrogens with zero attached hydrogens (tertiary/aromatic N) is 1. The van der Waals surface area contributed by atoms with Gasteiger partial charge in [0.1, 0.15) is 12.4 Å². The number of rotatable bonds is 5. The van der Waals surface area contributed by atoms with E-state index >= 15 is 0 Å². The van der Waals surface area contributed by atoms with Crippen LogP contribution in [-0.2, 0) is 10.0 Å². The SMILES string of the molecule is C=CCOc1ccccc1C#CN(C)S(=O)(=O)c1ccc(C)cc1. The van der Waals surface area contributed by atoms with Crippen molar-refractivity contribution in [1.82, 2.24) is 4.31 Å². The van der Waals surface area contributed by atoms with Crippen molar-refractivity contribution in [2.24, 2.45) is 0 Å². The molecule has 0 N–H and O–H groups in total. The first kappa shape index (κ1) is 17.6. The van der Waals surface area contributed by atoms with Crippen molar-refractivity contribution in [1.29, 1.82) is 0 Å². The molecule has 5 heteroatoms. The third-order valence-electron chi connectivity index (χ3n) is 3.27. The topological polar surface area (TPSA) is 46.6 Å². The van der Waals surface area contributed by atoms with E-state index in [2.05, 4.69) is 18.5 Å². The van der Waals surface area contributed by atoms with Crippen molar-refractivity contribution in [2.45, 2.75) is 11.8 Å². The van der Waals surface area contributed by atoms with Crippen molar-refractivity contribution in [3.8, 4) is 17.7 Å². The summed E-state index contributed by atoms with van der Waals surface area (Å²) in [5, 5.41) is 0. The Bertz CT molecular complexity index is 875. The summed E-state index contributed by atoms with van der Waals surface area (Å²) in [5.74, 6) is 3.44. The van der Waals surface area contributed by atoms with E-state index in [1.54, 1.807) is 42.5 Å². The van der Waals surface area contributed by atoms with Crippen molar-refractivity contribution >= 4 is 10.0 Å². The third kappa shape index (κ3) is 4.18. The first-order valence-corrected chi connectivity index (χ1v) is 8.79. The van der Waals surface area contributed by atoms with Crippen molar-refractivity contribution in [3.63, 3.8) is 0 Å². The zero-order chi connectivity index (χ0) is 17.6. The molecule has 0 bridgehead atoms. The second kappa shape index (κ2) is 7.71. The molecule has 0 radical (unpaired) electrons. The summed E-state index contributed by atoms with van der Waals surface area (Å²) in [6.07, 6.45) is 1.64. The Morgan fingerprint density at radius 2 is 1.83 bits per heavy atom. The normalized spacial score (nSPS) is 10.4. The predicted molar refractivity (Wildman–Crippen MR) is 95.1 cm³/mol. The van der Waals surface area contributed by atoms with Crippen LogP contribution in [0.25, 0.3) is 0 Å². The number of para-hydroxylation sites is 1. The second-order valence-electron chi connectivity index (χ2n) is 5.12. The summed E-state index contributed by atoms with van der Waals surface area (Å²) < 4.78 is 31.5. The standard InChI is InChI=1S/C19H19NO3S/c1-4-15-23-19-8-6-5-7-17(19)13-14-20(3)24(21,22)18-11-9-16(2)10-12-18/h4-12H,1,15H2,2-3H3. The summed E-state index contributed by atoms with van der Waals surface area (Å²) >= 11 is 0. The number of benzene rings is 2. The number of ether oxygens (including phenoxy) is 1. The summed E-state index contributed by atoms with van der Waals surface area (Å²) in [6, 6.07) is 16.5. The summed E-state index contributed by atoms with van der Waals surface area (Å²) in [4.78, 5) is 0.209. The van der Waals surface area contributed by atoms with Gasteiger partial charge in [0.25, 0.3) is 10.0 Å². The molecule has 2 aromatic rings. The van der Waals surface area contributed by atoms with E-state index in [4.69, 9.17) is 4.74 Å². The fourth-order valence-corrected chi connectivity index (χ4v) is 2.87.